The summed E-state index contributed by atoms with van der Waals surface area (Å²) in [6, 6.07) is 7.01. The Kier molecular flexibility index (Phi) is 4.06. The zero-order chi connectivity index (χ0) is 12.3. The van der Waals surface area contributed by atoms with Gasteiger partial charge in [-0.2, -0.15) is 0 Å². The van der Waals surface area contributed by atoms with Crippen LogP contribution in [0.2, 0.25) is 0 Å². The van der Waals surface area contributed by atoms with Crippen molar-refractivity contribution < 1.29 is 4.42 Å². The molecule has 1 aliphatic rings. The molecule has 94 valence electrons. The minimum atomic E-state index is 0.898. The summed E-state index contributed by atoms with van der Waals surface area (Å²) in [6.45, 7) is 5.72. The number of nitrogens with zero attached hydrogens (tertiary/aromatic N) is 1. The van der Waals surface area contributed by atoms with Gasteiger partial charge in [-0.05, 0) is 63.0 Å². The lowest BCUT2D eigenvalue weighted by Crippen LogP contribution is -2.23. The molecule has 17 heavy (non-hydrogen) atoms. The second kappa shape index (κ2) is 5.54. The molecule has 2 aromatic heterocycles. The molecule has 2 bridgehead atoms. The Labute approximate surface area is 104 Å². The van der Waals surface area contributed by atoms with Gasteiger partial charge in [0.1, 0.15) is 11.2 Å². The van der Waals surface area contributed by atoms with Crippen LogP contribution < -0.4 is 0 Å². The fraction of sp³-hybridized carbons (Fsp3) is 0.600. The highest BCUT2D eigenvalue weighted by Crippen LogP contribution is 2.21. The summed E-state index contributed by atoms with van der Waals surface area (Å²) >= 11 is 0. The zero-order valence-corrected chi connectivity index (χ0v) is 11.2. The standard InChI is InChI=1S/C8H8O.C7H15N/c1-2-6-5-7-3-4-8(6)9-7;1-3-7-5-4-6-8(7)2/h3-5H,2H2,1H3;7H,3-6H2,1-2H3. The second-order valence-corrected chi connectivity index (χ2v) is 4.91. The number of hydrogen-bond donors (Lipinski definition) is 0. The molecule has 0 amide bonds. The van der Waals surface area contributed by atoms with Crippen molar-refractivity contribution in [1.82, 2.24) is 4.90 Å². The van der Waals surface area contributed by atoms with Crippen LogP contribution in [0, 0.1) is 0 Å². The highest BCUT2D eigenvalue weighted by atomic mass is 16.3. The first-order valence-electron chi connectivity index (χ1n) is 6.75. The van der Waals surface area contributed by atoms with Gasteiger partial charge in [-0.15, -0.1) is 0 Å². The third kappa shape index (κ3) is 2.81. The van der Waals surface area contributed by atoms with Gasteiger partial charge in [0.25, 0.3) is 0 Å². The zero-order valence-electron chi connectivity index (χ0n) is 11.2. The van der Waals surface area contributed by atoms with Crippen LogP contribution >= 0.6 is 0 Å². The molecule has 1 aliphatic heterocycles. The Bertz CT molecular complexity index is 434. The van der Waals surface area contributed by atoms with Gasteiger partial charge in [0.05, 0.1) is 0 Å². The molecule has 0 radical (unpaired) electrons. The number of rotatable bonds is 2. The van der Waals surface area contributed by atoms with Crippen LogP contribution in [-0.4, -0.2) is 24.5 Å². The molecule has 0 saturated carbocycles. The lowest BCUT2D eigenvalue weighted by atomic mass is 10.2. The summed E-state index contributed by atoms with van der Waals surface area (Å²) < 4.78 is 5.31. The fourth-order valence-electron chi connectivity index (χ4n) is 2.62. The maximum absolute atomic E-state index is 5.31. The van der Waals surface area contributed by atoms with E-state index in [0.717, 1.165) is 23.6 Å². The fourth-order valence-corrected chi connectivity index (χ4v) is 2.62. The van der Waals surface area contributed by atoms with Crippen molar-refractivity contribution in [3.63, 3.8) is 0 Å². The smallest absolute Gasteiger partial charge is 0.130 e. The molecule has 0 aliphatic carbocycles. The van der Waals surface area contributed by atoms with E-state index in [1.807, 2.05) is 12.1 Å². The topological polar surface area (TPSA) is 16.4 Å². The highest BCUT2D eigenvalue weighted by molar-refractivity contribution is 5.65. The number of furan rings is 2. The Morgan fingerprint density at radius 3 is 2.47 bits per heavy atom. The van der Waals surface area contributed by atoms with Crippen molar-refractivity contribution in [3.8, 4) is 0 Å². The molecule has 0 aromatic carbocycles. The summed E-state index contributed by atoms with van der Waals surface area (Å²) in [5.41, 5.74) is 3.38. The Morgan fingerprint density at radius 1 is 1.35 bits per heavy atom. The monoisotopic (exact) mass is 233 g/mol. The number of benzene rings is 1. The van der Waals surface area contributed by atoms with Gasteiger partial charge in [0, 0.05) is 6.04 Å². The molecule has 2 heteroatoms. The Hall–Kier alpha value is -1.02. The van der Waals surface area contributed by atoms with Gasteiger partial charge < -0.3 is 9.32 Å². The molecule has 1 unspecified atom stereocenters. The van der Waals surface area contributed by atoms with Gasteiger partial charge >= 0.3 is 0 Å². The van der Waals surface area contributed by atoms with Gasteiger partial charge in [-0.25, -0.2) is 0 Å². The molecule has 0 N–H and O–H groups in total. The number of fused-ring (bicyclic) bond motifs is 2. The van der Waals surface area contributed by atoms with Crippen LogP contribution in [0.4, 0.5) is 0 Å². The number of likely N-dealkylation sites (tertiary alicyclic amines) is 1. The predicted octanol–water partition coefficient (Wildman–Crippen LogP) is 3.92. The largest absolute Gasteiger partial charge is 0.457 e. The predicted molar refractivity (Wildman–Crippen MR) is 72.7 cm³/mol. The van der Waals surface area contributed by atoms with Crippen LogP contribution in [0.25, 0.3) is 11.2 Å². The Morgan fingerprint density at radius 2 is 2.18 bits per heavy atom. The van der Waals surface area contributed by atoms with Crippen molar-refractivity contribution in [1.29, 1.82) is 0 Å². The quantitative estimate of drug-likeness (QED) is 0.781. The van der Waals surface area contributed by atoms with Crippen LogP contribution in [0.3, 0.4) is 0 Å². The summed E-state index contributed by atoms with van der Waals surface area (Å²) in [4.78, 5) is 2.46. The molecule has 2 aromatic rings. The van der Waals surface area contributed by atoms with Crippen molar-refractivity contribution in [2.24, 2.45) is 0 Å². The van der Waals surface area contributed by atoms with Crippen molar-refractivity contribution in [3.05, 3.63) is 23.8 Å². The van der Waals surface area contributed by atoms with E-state index < -0.39 is 0 Å². The highest BCUT2D eigenvalue weighted by Gasteiger charge is 2.17. The van der Waals surface area contributed by atoms with Gasteiger partial charge in [0.15, 0.2) is 0 Å². The van der Waals surface area contributed by atoms with Gasteiger partial charge in [0.2, 0.25) is 0 Å². The summed E-state index contributed by atoms with van der Waals surface area (Å²) in [6.07, 6.45) is 5.24. The minimum Gasteiger partial charge on any atom is -0.457 e. The number of hydrogen-bond acceptors (Lipinski definition) is 2. The normalized spacial score (nSPS) is 20.8. The van der Waals surface area contributed by atoms with E-state index in [1.54, 1.807) is 0 Å². The summed E-state index contributed by atoms with van der Waals surface area (Å²) in [7, 11) is 2.22. The van der Waals surface area contributed by atoms with Crippen LogP contribution in [0.15, 0.2) is 22.6 Å². The lowest BCUT2D eigenvalue weighted by Gasteiger charge is -2.16. The first-order valence-corrected chi connectivity index (χ1v) is 6.75. The van der Waals surface area contributed by atoms with Gasteiger partial charge in [-0.1, -0.05) is 13.8 Å². The van der Waals surface area contributed by atoms with E-state index in [9.17, 15) is 0 Å². The van der Waals surface area contributed by atoms with E-state index >= 15 is 0 Å². The van der Waals surface area contributed by atoms with Gasteiger partial charge in [-0.3, -0.25) is 0 Å². The molecule has 1 fully saturated rings. The first-order chi connectivity index (χ1) is 8.24. The maximum atomic E-state index is 5.31. The third-order valence-corrected chi connectivity index (χ3v) is 3.78. The van der Waals surface area contributed by atoms with Crippen LogP contribution in [-0.2, 0) is 6.42 Å². The molecule has 2 nitrogen and oxygen atoms in total. The van der Waals surface area contributed by atoms with E-state index in [1.165, 1.54) is 31.4 Å². The molecule has 0 spiro atoms. The minimum absolute atomic E-state index is 0.898. The average molecular weight is 233 g/mol. The van der Waals surface area contributed by atoms with E-state index in [4.69, 9.17) is 4.42 Å². The molecule has 3 heterocycles. The molecule has 1 atom stereocenters. The average Bonchev–Trinajstić information content (AvgIpc) is 3.04. The van der Waals surface area contributed by atoms with Crippen molar-refractivity contribution in [2.45, 2.75) is 45.6 Å². The second-order valence-electron chi connectivity index (χ2n) is 4.91. The van der Waals surface area contributed by atoms with Crippen LogP contribution in [0.1, 0.15) is 38.7 Å². The first kappa shape index (κ1) is 12.4. The Balaban J connectivity index is 0.000000128. The van der Waals surface area contributed by atoms with Crippen molar-refractivity contribution in [2.75, 3.05) is 13.6 Å². The maximum Gasteiger partial charge on any atom is 0.130 e. The third-order valence-electron chi connectivity index (χ3n) is 3.78. The molecule has 1 saturated heterocycles. The van der Waals surface area contributed by atoms with Crippen molar-refractivity contribution >= 4 is 11.2 Å². The molecular weight excluding hydrogens is 210 g/mol. The molecule has 3 rings (SSSR count). The van der Waals surface area contributed by atoms with Crippen LogP contribution in [0.5, 0.6) is 0 Å². The van der Waals surface area contributed by atoms with E-state index in [2.05, 4.69) is 31.9 Å². The summed E-state index contributed by atoms with van der Waals surface area (Å²) in [5, 5.41) is 0. The number of aryl methyl sites for hydroxylation is 1. The SMILES string of the molecule is CCC1CCCN1C.CCc1cc2ccc1o2. The van der Waals surface area contributed by atoms with E-state index in [0.29, 0.717) is 0 Å². The lowest BCUT2D eigenvalue weighted by molar-refractivity contribution is 0.304. The summed E-state index contributed by atoms with van der Waals surface area (Å²) in [5.74, 6) is 0. The molecular formula is C15H23NO. The van der Waals surface area contributed by atoms with E-state index in [-0.39, 0.29) is 0 Å².